The van der Waals surface area contributed by atoms with Gasteiger partial charge in [0.2, 0.25) is 11.7 Å². The highest BCUT2D eigenvalue weighted by molar-refractivity contribution is 5.77. The zero-order valence-electron chi connectivity index (χ0n) is 11.8. The van der Waals surface area contributed by atoms with Crippen molar-refractivity contribution >= 4 is 5.91 Å². The number of aromatic nitrogens is 4. The van der Waals surface area contributed by atoms with Gasteiger partial charge in [0.05, 0.1) is 0 Å². The molecule has 1 N–H and O–H groups in total. The monoisotopic (exact) mass is 271 g/mol. The fourth-order valence-electron chi connectivity index (χ4n) is 1.56. The summed E-state index contributed by atoms with van der Waals surface area (Å²) in [5.41, 5.74) is 1.87. The van der Waals surface area contributed by atoms with Crippen molar-refractivity contribution < 1.29 is 4.79 Å². The largest absolute Gasteiger partial charge is 0.352 e. The van der Waals surface area contributed by atoms with E-state index in [1.54, 1.807) is 6.92 Å². The minimum Gasteiger partial charge on any atom is -0.352 e. The van der Waals surface area contributed by atoms with Gasteiger partial charge in [-0.25, -0.2) is 0 Å². The number of rotatable bonds is 4. The van der Waals surface area contributed by atoms with E-state index in [-0.39, 0.29) is 11.8 Å². The summed E-state index contributed by atoms with van der Waals surface area (Å²) in [5.74, 6) is 1.08. The molecule has 0 spiro atoms. The maximum absolute atomic E-state index is 11.5. The van der Waals surface area contributed by atoms with Crippen LogP contribution in [0.3, 0.4) is 0 Å². The van der Waals surface area contributed by atoms with Gasteiger partial charge in [-0.1, -0.05) is 38.1 Å². The molecule has 2 rings (SSSR count). The van der Waals surface area contributed by atoms with E-state index in [2.05, 4.69) is 25.7 Å². The molecule has 0 fully saturated rings. The minimum atomic E-state index is -0.00706. The molecule has 2 aromatic rings. The highest BCUT2D eigenvalue weighted by atomic mass is 16.1. The van der Waals surface area contributed by atoms with Crippen LogP contribution in [0.25, 0.3) is 11.4 Å². The molecule has 1 heterocycles. The van der Waals surface area contributed by atoms with Crippen LogP contribution in [0.4, 0.5) is 0 Å². The Morgan fingerprint density at radius 2 is 1.70 bits per heavy atom. The summed E-state index contributed by atoms with van der Waals surface area (Å²) in [7, 11) is 0. The van der Waals surface area contributed by atoms with Gasteiger partial charge in [0.25, 0.3) is 0 Å². The Hall–Kier alpha value is -2.37. The molecule has 0 aliphatic rings. The first-order valence-electron chi connectivity index (χ1n) is 6.47. The van der Waals surface area contributed by atoms with Crippen molar-refractivity contribution in [2.45, 2.75) is 27.3 Å². The van der Waals surface area contributed by atoms with Gasteiger partial charge in [-0.05, 0) is 12.5 Å². The summed E-state index contributed by atoms with van der Waals surface area (Å²) in [4.78, 5) is 11.5. The van der Waals surface area contributed by atoms with Gasteiger partial charge < -0.3 is 5.32 Å². The first kappa shape index (κ1) is 14.0. The van der Waals surface area contributed by atoms with Crippen molar-refractivity contribution in [3.63, 3.8) is 0 Å². The van der Waals surface area contributed by atoms with Crippen LogP contribution >= 0.6 is 0 Å². The van der Waals surface area contributed by atoms with Gasteiger partial charge in [0.1, 0.15) is 0 Å². The quantitative estimate of drug-likeness (QED) is 0.911. The van der Waals surface area contributed by atoms with Gasteiger partial charge in [0.15, 0.2) is 5.82 Å². The number of benzene rings is 1. The summed E-state index contributed by atoms with van der Waals surface area (Å²) in [6.07, 6.45) is 0. The van der Waals surface area contributed by atoms with Gasteiger partial charge in [0, 0.05) is 18.0 Å². The van der Waals surface area contributed by atoms with Crippen LogP contribution in [0.15, 0.2) is 24.3 Å². The van der Waals surface area contributed by atoms with E-state index in [0.29, 0.717) is 18.2 Å². The van der Waals surface area contributed by atoms with Crippen molar-refractivity contribution in [2.24, 2.45) is 5.92 Å². The van der Waals surface area contributed by atoms with Crippen LogP contribution in [0.1, 0.15) is 25.2 Å². The second kappa shape index (κ2) is 6.18. The third-order valence-electron chi connectivity index (χ3n) is 2.78. The van der Waals surface area contributed by atoms with E-state index in [1.807, 2.05) is 38.1 Å². The molecule has 1 aromatic carbocycles. The summed E-state index contributed by atoms with van der Waals surface area (Å²) in [6, 6.07) is 7.65. The number of hydrogen-bond acceptors (Lipinski definition) is 5. The highest BCUT2D eigenvalue weighted by Gasteiger charge is 2.06. The number of hydrogen-bond donors (Lipinski definition) is 1. The first-order chi connectivity index (χ1) is 9.56. The number of aryl methyl sites for hydroxylation is 1. The molecular formula is C14H17N5O. The fourth-order valence-corrected chi connectivity index (χ4v) is 1.56. The Morgan fingerprint density at radius 1 is 1.10 bits per heavy atom. The minimum absolute atomic E-state index is 0.00706. The number of carbonyl (C=O) groups excluding carboxylic acids is 1. The number of nitrogens with one attached hydrogen (secondary N) is 1. The van der Waals surface area contributed by atoms with Crippen molar-refractivity contribution in [1.29, 1.82) is 0 Å². The number of amides is 1. The highest BCUT2D eigenvalue weighted by Crippen LogP contribution is 2.14. The lowest BCUT2D eigenvalue weighted by Gasteiger charge is -2.08. The van der Waals surface area contributed by atoms with E-state index in [1.165, 1.54) is 0 Å². The smallest absolute Gasteiger partial charge is 0.222 e. The molecule has 0 unspecified atom stereocenters. The van der Waals surface area contributed by atoms with Gasteiger partial charge in [-0.15, -0.1) is 20.4 Å². The molecular weight excluding hydrogens is 254 g/mol. The predicted molar refractivity (Wildman–Crippen MR) is 74.5 cm³/mol. The van der Waals surface area contributed by atoms with Crippen LogP contribution in [0.2, 0.25) is 0 Å². The van der Waals surface area contributed by atoms with Crippen LogP contribution in [0.5, 0.6) is 0 Å². The van der Waals surface area contributed by atoms with E-state index >= 15 is 0 Å². The molecule has 0 saturated carbocycles. The molecule has 0 atom stereocenters. The second-order valence-electron chi connectivity index (χ2n) is 4.84. The third kappa shape index (κ3) is 3.57. The van der Waals surface area contributed by atoms with Crippen molar-refractivity contribution in [3.05, 3.63) is 35.7 Å². The maximum Gasteiger partial charge on any atom is 0.222 e. The van der Waals surface area contributed by atoms with Crippen molar-refractivity contribution in [2.75, 3.05) is 0 Å². The molecule has 104 valence electrons. The van der Waals surface area contributed by atoms with Crippen LogP contribution < -0.4 is 5.32 Å². The Labute approximate surface area is 117 Å². The lowest BCUT2D eigenvalue weighted by Crippen LogP contribution is -2.27. The normalized spacial score (nSPS) is 10.6. The van der Waals surface area contributed by atoms with Gasteiger partial charge in [-0.2, -0.15) is 0 Å². The lowest BCUT2D eigenvalue weighted by atomic mass is 10.1. The topological polar surface area (TPSA) is 80.7 Å². The van der Waals surface area contributed by atoms with E-state index < -0.39 is 0 Å². The molecule has 0 aliphatic carbocycles. The van der Waals surface area contributed by atoms with E-state index in [4.69, 9.17) is 0 Å². The molecule has 6 nitrogen and oxygen atoms in total. The zero-order valence-corrected chi connectivity index (χ0v) is 11.8. The van der Waals surface area contributed by atoms with Crippen molar-refractivity contribution in [1.82, 2.24) is 25.7 Å². The lowest BCUT2D eigenvalue weighted by molar-refractivity contribution is -0.124. The standard InChI is InChI=1S/C14H17N5O/c1-9(2)14(20)15-8-11-4-6-12(7-5-11)13-18-16-10(3)17-19-13/h4-7,9H,8H2,1-3H3,(H,15,20). The van der Waals surface area contributed by atoms with Crippen LogP contribution in [-0.4, -0.2) is 26.3 Å². The zero-order chi connectivity index (χ0) is 14.5. The van der Waals surface area contributed by atoms with Gasteiger partial charge in [-0.3, -0.25) is 4.79 Å². The molecule has 1 amide bonds. The summed E-state index contributed by atoms with van der Waals surface area (Å²) in [6.45, 7) is 5.99. The van der Waals surface area contributed by atoms with Crippen LogP contribution in [0, 0.1) is 12.8 Å². The maximum atomic E-state index is 11.5. The molecule has 6 heteroatoms. The Kier molecular flexibility index (Phi) is 4.34. The molecule has 0 bridgehead atoms. The average molecular weight is 271 g/mol. The SMILES string of the molecule is Cc1nnc(-c2ccc(CNC(=O)C(C)C)cc2)nn1. The molecule has 0 aliphatic heterocycles. The first-order valence-corrected chi connectivity index (χ1v) is 6.47. The van der Waals surface area contributed by atoms with E-state index in [0.717, 1.165) is 11.1 Å². The molecule has 1 aromatic heterocycles. The Bertz CT molecular complexity index is 578. The summed E-state index contributed by atoms with van der Waals surface area (Å²) in [5, 5.41) is 18.6. The van der Waals surface area contributed by atoms with Gasteiger partial charge >= 0.3 is 0 Å². The second-order valence-corrected chi connectivity index (χ2v) is 4.84. The number of nitrogens with zero attached hydrogens (tertiary/aromatic N) is 4. The average Bonchev–Trinajstić information content (AvgIpc) is 2.46. The third-order valence-corrected chi connectivity index (χ3v) is 2.78. The Morgan fingerprint density at radius 3 is 2.25 bits per heavy atom. The Balaban J connectivity index is 2.03. The fraction of sp³-hybridized carbons (Fsp3) is 0.357. The van der Waals surface area contributed by atoms with Crippen LogP contribution in [-0.2, 0) is 11.3 Å². The summed E-state index contributed by atoms with van der Waals surface area (Å²) < 4.78 is 0. The number of carbonyl (C=O) groups is 1. The van der Waals surface area contributed by atoms with Crippen molar-refractivity contribution in [3.8, 4) is 11.4 Å². The molecule has 0 radical (unpaired) electrons. The predicted octanol–water partition coefficient (Wildman–Crippen LogP) is 1.51. The molecule has 0 saturated heterocycles. The summed E-state index contributed by atoms with van der Waals surface area (Å²) >= 11 is 0. The van der Waals surface area contributed by atoms with E-state index in [9.17, 15) is 4.79 Å². The molecule has 20 heavy (non-hydrogen) atoms.